The number of nitrogens with one attached hydrogen (secondary N) is 2. The van der Waals surface area contributed by atoms with Gasteiger partial charge in [0, 0.05) is 0 Å². The summed E-state index contributed by atoms with van der Waals surface area (Å²) in [6.45, 7) is 1.58. The first-order valence-corrected chi connectivity index (χ1v) is 5.69. The molecule has 1 aromatic heterocycles. The van der Waals surface area contributed by atoms with Gasteiger partial charge in [-0.3, -0.25) is 4.79 Å². The maximum Gasteiger partial charge on any atom is 0.321 e. The largest absolute Gasteiger partial charge is 0.480 e. The number of aliphatic carboxylic acids is 1. The molecule has 8 heteroatoms. The Kier molecular flexibility index (Phi) is 3.43. The molecule has 0 aliphatic rings. The summed E-state index contributed by atoms with van der Waals surface area (Å²) in [6, 6.07) is -1.13. The summed E-state index contributed by atoms with van der Waals surface area (Å²) in [5.74, 6) is -1.21. The van der Waals surface area contributed by atoms with Gasteiger partial charge in [-0.2, -0.15) is 4.72 Å². The Balaban J connectivity index is 2.86. The van der Waals surface area contributed by atoms with Crippen LogP contribution in [0.15, 0.2) is 17.6 Å². The minimum atomic E-state index is -3.82. The number of aromatic nitrogens is 2. The highest BCUT2D eigenvalue weighted by atomic mass is 32.2. The Morgan fingerprint density at radius 3 is 2.80 bits per heavy atom. The fraction of sp³-hybridized carbons (Fsp3) is 0.429. The van der Waals surface area contributed by atoms with Gasteiger partial charge in [0.25, 0.3) is 10.0 Å². The van der Waals surface area contributed by atoms with Crippen molar-refractivity contribution in [1.29, 1.82) is 0 Å². The van der Waals surface area contributed by atoms with Crippen LogP contribution in [-0.2, 0) is 14.8 Å². The molecule has 0 spiro atoms. The number of sulfonamides is 1. The van der Waals surface area contributed by atoms with E-state index in [1.165, 1.54) is 6.33 Å². The monoisotopic (exact) mass is 233 g/mol. The van der Waals surface area contributed by atoms with Crippen LogP contribution in [0.25, 0.3) is 0 Å². The molecule has 15 heavy (non-hydrogen) atoms. The van der Waals surface area contributed by atoms with Crippen molar-refractivity contribution in [2.75, 3.05) is 0 Å². The Labute approximate surface area is 86.6 Å². The Morgan fingerprint density at radius 1 is 1.73 bits per heavy atom. The second kappa shape index (κ2) is 4.41. The molecule has 1 rings (SSSR count). The number of hydrogen-bond donors (Lipinski definition) is 3. The molecular weight excluding hydrogens is 222 g/mol. The number of rotatable bonds is 5. The van der Waals surface area contributed by atoms with Crippen LogP contribution in [0.1, 0.15) is 13.3 Å². The molecule has 0 amide bonds. The van der Waals surface area contributed by atoms with Crippen LogP contribution in [0.4, 0.5) is 0 Å². The molecule has 1 heterocycles. The number of carboxylic acids is 1. The second-order valence-corrected chi connectivity index (χ2v) is 4.52. The summed E-state index contributed by atoms with van der Waals surface area (Å²) in [4.78, 5) is 16.6. The Morgan fingerprint density at radius 2 is 2.40 bits per heavy atom. The van der Waals surface area contributed by atoms with Gasteiger partial charge in [-0.1, -0.05) is 6.92 Å². The zero-order chi connectivity index (χ0) is 11.5. The maximum absolute atomic E-state index is 11.5. The van der Waals surface area contributed by atoms with Crippen LogP contribution in [-0.4, -0.2) is 35.5 Å². The SMILES string of the molecule is CC[C@@H](NS(=O)(=O)c1cnc[nH]1)C(=O)O. The van der Waals surface area contributed by atoms with Crippen LogP contribution in [0, 0.1) is 0 Å². The first-order valence-electron chi connectivity index (χ1n) is 4.21. The van der Waals surface area contributed by atoms with E-state index in [-0.39, 0.29) is 11.4 Å². The zero-order valence-corrected chi connectivity index (χ0v) is 8.78. The minimum Gasteiger partial charge on any atom is -0.480 e. The van der Waals surface area contributed by atoms with Crippen molar-refractivity contribution < 1.29 is 18.3 Å². The number of aromatic amines is 1. The number of carbonyl (C=O) groups is 1. The van der Waals surface area contributed by atoms with Gasteiger partial charge in [-0.05, 0) is 6.42 Å². The van der Waals surface area contributed by atoms with Crippen molar-refractivity contribution in [1.82, 2.24) is 14.7 Å². The third-order valence-electron chi connectivity index (χ3n) is 1.77. The molecule has 0 saturated heterocycles. The zero-order valence-electron chi connectivity index (χ0n) is 7.97. The molecule has 3 N–H and O–H groups in total. The molecule has 0 radical (unpaired) electrons. The molecule has 0 unspecified atom stereocenters. The Bertz CT molecular complexity index is 425. The highest BCUT2D eigenvalue weighted by Gasteiger charge is 2.24. The van der Waals surface area contributed by atoms with Crippen molar-refractivity contribution in [3.8, 4) is 0 Å². The molecule has 0 aliphatic carbocycles. The highest BCUT2D eigenvalue weighted by Crippen LogP contribution is 2.04. The summed E-state index contributed by atoms with van der Waals surface area (Å²) in [5.41, 5.74) is 0. The topological polar surface area (TPSA) is 112 Å². The minimum absolute atomic E-state index is 0.151. The van der Waals surface area contributed by atoms with E-state index in [0.717, 1.165) is 6.20 Å². The highest BCUT2D eigenvalue weighted by molar-refractivity contribution is 7.89. The summed E-state index contributed by atoms with van der Waals surface area (Å²) >= 11 is 0. The predicted molar refractivity (Wildman–Crippen MR) is 50.6 cm³/mol. The fourth-order valence-corrected chi connectivity index (χ4v) is 2.13. The van der Waals surface area contributed by atoms with E-state index >= 15 is 0 Å². The van der Waals surface area contributed by atoms with Gasteiger partial charge >= 0.3 is 5.97 Å². The van der Waals surface area contributed by atoms with Crippen molar-refractivity contribution in [3.63, 3.8) is 0 Å². The standard InChI is InChI=1S/C7H11N3O4S/c1-2-5(7(11)12)10-15(13,14)6-3-8-4-9-6/h3-5,10H,2H2,1H3,(H,8,9)(H,11,12)/t5-/m1/s1. The van der Waals surface area contributed by atoms with E-state index in [0.29, 0.717) is 0 Å². The fourth-order valence-electron chi connectivity index (χ4n) is 0.949. The first kappa shape index (κ1) is 11.7. The predicted octanol–water partition coefficient (Wildman–Crippen LogP) is -0.449. The number of imidazole rings is 1. The van der Waals surface area contributed by atoms with Crippen LogP contribution >= 0.6 is 0 Å². The molecule has 84 valence electrons. The third-order valence-corrected chi connectivity index (χ3v) is 3.16. The summed E-state index contributed by atoms with van der Waals surface area (Å²) in [5, 5.41) is 8.53. The van der Waals surface area contributed by atoms with Gasteiger partial charge < -0.3 is 10.1 Å². The number of carboxylic acid groups (broad SMARTS) is 1. The van der Waals surface area contributed by atoms with E-state index in [1.54, 1.807) is 6.92 Å². The number of H-pyrrole nitrogens is 1. The molecule has 7 nitrogen and oxygen atoms in total. The maximum atomic E-state index is 11.5. The lowest BCUT2D eigenvalue weighted by Gasteiger charge is -2.10. The van der Waals surface area contributed by atoms with Crippen molar-refractivity contribution in [2.45, 2.75) is 24.4 Å². The van der Waals surface area contributed by atoms with Crippen molar-refractivity contribution in [3.05, 3.63) is 12.5 Å². The van der Waals surface area contributed by atoms with Gasteiger partial charge in [0.1, 0.15) is 6.04 Å². The van der Waals surface area contributed by atoms with Crippen molar-refractivity contribution >= 4 is 16.0 Å². The quantitative estimate of drug-likeness (QED) is 0.637. The number of hydrogen-bond acceptors (Lipinski definition) is 4. The van der Waals surface area contributed by atoms with Crippen molar-refractivity contribution in [2.24, 2.45) is 0 Å². The lowest BCUT2D eigenvalue weighted by atomic mass is 10.2. The van der Waals surface area contributed by atoms with Gasteiger partial charge in [0.15, 0.2) is 5.03 Å². The lowest BCUT2D eigenvalue weighted by Crippen LogP contribution is -2.40. The average Bonchev–Trinajstić information content (AvgIpc) is 2.67. The van der Waals surface area contributed by atoms with Crippen LogP contribution in [0.3, 0.4) is 0 Å². The van der Waals surface area contributed by atoms with Gasteiger partial charge in [0.2, 0.25) is 0 Å². The molecule has 0 bridgehead atoms. The molecule has 1 atom stereocenters. The molecule has 0 saturated carbocycles. The van der Waals surface area contributed by atoms with E-state index in [2.05, 4.69) is 9.97 Å². The molecule has 0 aliphatic heterocycles. The van der Waals surface area contributed by atoms with Crippen LogP contribution < -0.4 is 4.72 Å². The molecule has 1 aromatic rings. The lowest BCUT2D eigenvalue weighted by molar-refractivity contribution is -0.139. The van der Waals surface area contributed by atoms with Crippen LogP contribution in [0.2, 0.25) is 0 Å². The third kappa shape index (κ3) is 2.77. The average molecular weight is 233 g/mol. The normalized spacial score (nSPS) is 13.7. The van der Waals surface area contributed by atoms with E-state index in [4.69, 9.17) is 5.11 Å². The molecule has 0 fully saturated rings. The summed E-state index contributed by atoms with van der Waals surface area (Å²) in [6.07, 6.45) is 2.48. The molecular formula is C7H11N3O4S. The second-order valence-electron chi connectivity index (χ2n) is 2.84. The summed E-state index contributed by atoms with van der Waals surface area (Å²) < 4.78 is 25.1. The van der Waals surface area contributed by atoms with Gasteiger partial charge in [0.05, 0.1) is 12.5 Å². The number of nitrogens with zero attached hydrogens (tertiary/aromatic N) is 1. The van der Waals surface area contributed by atoms with Crippen LogP contribution in [0.5, 0.6) is 0 Å². The van der Waals surface area contributed by atoms with E-state index in [1.807, 2.05) is 4.72 Å². The Hall–Kier alpha value is -1.41. The summed E-state index contributed by atoms with van der Waals surface area (Å²) in [7, 11) is -3.82. The van der Waals surface area contributed by atoms with E-state index < -0.39 is 22.0 Å². The van der Waals surface area contributed by atoms with Gasteiger partial charge in [-0.15, -0.1) is 0 Å². The van der Waals surface area contributed by atoms with Gasteiger partial charge in [-0.25, -0.2) is 13.4 Å². The smallest absolute Gasteiger partial charge is 0.321 e. The van der Waals surface area contributed by atoms with E-state index in [9.17, 15) is 13.2 Å². The first-order chi connectivity index (χ1) is 6.97. The molecule has 0 aromatic carbocycles.